The zero-order valence-corrected chi connectivity index (χ0v) is 17.4. The average molecular weight is 387 g/mol. The van der Waals surface area contributed by atoms with Gasteiger partial charge in [0.25, 0.3) is 10.0 Å². The van der Waals surface area contributed by atoms with E-state index in [2.05, 4.69) is 18.9 Å². The van der Waals surface area contributed by atoms with Crippen LogP contribution in [0.4, 0.5) is 5.69 Å². The van der Waals surface area contributed by atoms with Gasteiger partial charge in [-0.2, -0.15) is 0 Å². The number of hydrogen-bond donors (Lipinski definition) is 0. The van der Waals surface area contributed by atoms with E-state index >= 15 is 0 Å². The molecule has 27 heavy (non-hydrogen) atoms. The summed E-state index contributed by atoms with van der Waals surface area (Å²) in [5.74, 6) is 0. The highest BCUT2D eigenvalue weighted by Crippen LogP contribution is 2.26. The third kappa shape index (κ3) is 4.53. The topological polar surface area (TPSA) is 40.6 Å². The highest BCUT2D eigenvalue weighted by atomic mass is 32.2. The molecule has 0 spiro atoms. The summed E-state index contributed by atoms with van der Waals surface area (Å²) >= 11 is 0. The minimum absolute atomic E-state index is 0.378. The lowest BCUT2D eigenvalue weighted by Crippen LogP contribution is -2.26. The highest BCUT2D eigenvalue weighted by Gasteiger charge is 2.23. The summed E-state index contributed by atoms with van der Waals surface area (Å²) < 4.78 is 27.7. The van der Waals surface area contributed by atoms with Gasteiger partial charge in [0.15, 0.2) is 0 Å². The number of aryl methyl sites for hydroxylation is 1. The Labute approximate surface area is 163 Å². The quantitative estimate of drug-likeness (QED) is 0.756. The highest BCUT2D eigenvalue weighted by molar-refractivity contribution is 7.92. The van der Waals surface area contributed by atoms with Crippen molar-refractivity contribution in [3.63, 3.8) is 0 Å². The molecule has 0 aromatic heterocycles. The van der Waals surface area contributed by atoms with E-state index in [4.69, 9.17) is 0 Å². The second-order valence-corrected chi connectivity index (χ2v) is 9.45. The molecule has 4 nitrogen and oxygen atoms in total. The van der Waals surface area contributed by atoms with Crippen molar-refractivity contribution in [2.24, 2.45) is 0 Å². The molecule has 3 rings (SSSR count). The summed E-state index contributed by atoms with van der Waals surface area (Å²) in [6, 6.07) is 13.5. The van der Waals surface area contributed by atoms with Crippen LogP contribution in [0.2, 0.25) is 0 Å². The molecule has 1 aliphatic rings. The van der Waals surface area contributed by atoms with Crippen LogP contribution in [0.3, 0.4) is 0 Å². The molecule has 0 N–H and O–H groups in total. The van der Waals surface area contributed by atoms with Crippen LogP contribution in [0.5, 0.6) is 0 Å². The first-order valence-corrected chi connectivity index (χ1v) is 11.2. The van der Waals surface area contributed by atoms with Crippen LogP contribution >= 0.6 is 0 Å². The first-order valence-electron chi connectivity index (χ1n) is 9.80. The molecule has 0 bridgehead atoms. The lowest BCUT2D eigenvalue weighted by atomic mass is 10.0. The fraction of sp³-hybridized carbons (Fsp3) is 0.455. The molecule has 0 amide bonds. The van der Waals surface area contributed by atoms with Gasteiger partial charge in [0.05, 0.1) is 10.6 Å². The summed E-state index contributed by atoms with van der Waals surface area (Å²) in [5.41, 5.74) is 4.37. The molecule has 2 aromatic carbocycles. The number of unbranched alkanes of at least 4 members (excludes halogenated alkanes) is 1. The molecular weight excluding hydrogens is 356 g/mol. The van der Waals surface area contributed by atoms with Gasteiger partial charge in [0.1, 0.15) is 0 Å². The minimum atomic E-state index is -3.56. The van der Waals surface area contributed by atoms with Crippen molar-refractivity contribution in [2.75, 3.05) is 31.5 Å². The molecule has 0 radical (unpaired) electrons. The largest absolute Gasteiger partial charge is 0.306 e. The normalized spacial score (nSPS) is 15.2. The van der Waals surface area contributed by atoms with Crippen molar-refractivity contribution >= 4 is 15.7 Å². The molecular formula is C22H30N2O2S. The van der Waals surface area contributed by atoms with E-state index in [-0.39, 0.29) is 0 Å². The van der Waals surface area contributed by atoms with Crippen molar-refractivity contribution < 1.29 is 8.42 Å². The summed E-state index contributed by atoms with van der Waals surface area (Å²) in [7, 11) is 0.186. The zero-order chi connectivity index (χ0) is 19.4. The average Bonchev–Trinajstić information content (AvgIpc) is 2.87. The van der Waals surface area contributed by atoms with E-state index in [9.17, 15) is 8.42 Å². The second kappa shape index (κ2) is 8.44. The van der Waals surface area contributed by atoms with Gasteiger partial charge in [-0.25, -0.2) is 8.42 Å². The maximum Gasteiger partial charge on any atom is 0.264 e. The van der Waals surface area contributed by atoms with Gasteiger partial charge < -0.3 is 4.90 Å². The number of nitrogens with zero attached hydrogens (tertiary/aromatic N) is 2. The Hall–Kier alpha value is -1.85. The molecule has 146 valence electrons. The summed E-state index contributed by atoms with van der Waals surface area (Å²) in [5, 5.41) is 0. The van der Waals surface area contributed by atoms with Crippen LogP contribution in [0.25, 0.3) is 0 Å². The molecule has 0 atom stereocenters. The SMILES string of the molecule is CCCCc1ccc(N(C)S(=O)(=O)c2ccc3c(c2)CCN(C)CC3)cc1. The number of rotatable bonds is 6. The first kappa shape index (κ1) is 19.9. The van der Waals surface area contributed by atoms with E-state index in [1.807, 2.05) is 36.4 Å². The molecule has 0 fully saturated rings. The molecule has 0 unspecified atom stereocenters. The smallest absolute Gasteiger partial charge is 0.264 e. The van der Waals surface area contributed by atoms with Crippen LogP contribution < -0.4 is 4.31 Å². The van der Waals surface area contributed by atoms with E-state index in [0.717, 1.165) is 50.8 Å². The summed E-state index contributed by atoms with van der Waals surface area (Å²) in [6.07, 6.45) is 5.21. The Bertz CT molecular complexity index is 876. The Morgan fingerprint density at radius 1 is 1.00 bits per heavy atom. The van der Waals surface area contributed by atoms with E-state index in [1.54, 1.807) is 13.1 Å². The number of likely N-dealkylation sites (N-methyl/N-ethyl adjacent to an activating group) is 1. The lowest BCUT2D eigenvalue weighted by Gasteiger charge is -2.21. The fourth-order valence-electron chi connectivity index (χ4n) is 3.52. The maximum atomic E-state index is 13.1. The second-order valence-electron chi connectivity index (χ2n) is 7.48. The Morgan fingerprint density at radius 2 is 1.67 bits per heavy atom. The Morgan fingerprint density at radius 3 is 2.33 bits per heavy atom. The van der Waals surface area contributed by atoms with Crippen molar-refractivity contribution in [1.82, 2.24) is 4.90 Å². The molecule has 5 heteroatoms. The molecule has 0 aliphatic carbocycles. The number of fused-ring (bicyclic) bond motifs is 1. The number of anilines is 1. The van der Waals surface area contributed by atoms with Gasteiger partial charge in [-0.1, -0.05) is 31.5 Å². The Kier molecular flexibility index (Phi) is 6.22. The zero-order valence-electron chi connectivity index (χ0n) is 16.6. The fourth-order valence-corrected chi connectivity index (χ4v) is 4.77. The van der Waals surface area contributed by atoms with Crippen molar-refractivity contribution in [3.05, 3.63) is 59.2 Å². The first-order chi connectivity index (χ1) is 12.9. The van der Waals surface area contributed by atoms with E-state index in [0.29, 0.717) is 10.6 Å². The van der Waals surface area contributed by atoms with Gasteiger partial charge in [0.2, 0.25) is 0 Å². The van der Waals surface area contributed by atoms with Gasteiger partial charge in [-0.05, 0) is 73.7 Å². The lowest BCUT2D eigenvalue weighted by molar-refractivity contribution is 0.352. The minimum Gasteiger partial charge on any atom is -0.306 e. The van der Waals surface area contributed by atoms with E-state index < -0.39 is 10.0 Å². The third-order valence-electron chi connectivity index (χ3n) is 5.48. The third-order valence-corrected chi connectivity index (χ3v) is 7.26. The van der Waals surface area contributed by atoms with Crippen molar-refractivity contribution in [1.29, 1.82) is 0 Å². The molecule has 1 aliphatic heterocycles. The van der Waals surface area contributed by atoms with Gasteiger partial charge >= 0.3 is 0 Å². The summed E-state index contributed by atoms with van der Waals surface area (Å²) in [6.45, 7) is 4.16. The van der Waals surface area contributed by atoms with Gasteiger partial charge in [-0.15, -0.1) is 0 Å². The van der Waals surface area contributed by atoms with Gasteiger partial charge in [0, 0.05) is 20.1 Å². The molecule has 0 saturated carbocycles. The van der Waals surface area contributed by atoms with Crippen molar-refractivity contribution in [3.8, 4) is 0 Å². The molecule has 2 aromatic rings. The van der Waals surface area contributed by atoms with Crippen LogP contribution in [-0.4, -0.2) is 40.5 Å². The van der Waals surface area contributed by atoms with Crippen molar-refractivity contribution in [2.45, 2.75) is 43.9 Å². The van der Waals surface area contributed by atoms with Crippen LogP contribution in [0.15, 0.2) is 47.4 Å². The number of benzene rings is 2. The van der Waals surface area contributed by atoms with Crippen LogP contribution in [-0.2, 0) is 29.3 Å². The monoisotopic (exact) mass is 386 g/mol. The molecule has 0 saturated heterocycles. The predicted octanol–water partition coefficient (Wildman–Crippen LogP) is 3.88. The van der Waals surface area contributed by atoms with E-state index in [1.165, 1.54) is 15.4 Å². The van der Waals surface area contributed by atoms with Crippen LogP contribution in [0.1, 0.15) is 36.5 Å². The standard InChI is InChI=1S/C22H30N2O2S/c1-4-5-6-18-7-10-21(11-8-18)24(3)27(25,26)22-12-9-19-13-15-23(2)16-14-20(19)17-22/h7-12,17H,4-6,13-16H2,1-3H3. The number of sulfonamides is 1. The molecule has 1 heterocycles. The number of hydrogen-bond acceptors (Lipinski definition) is 3. The van der Waals surface area contributed by atoms with Crippen LogP contribution in [0, 0.1) is 0 Å². The summed E-state index contributed by atoms with van der Waals surface area (Å²) in [4.78, 5) is 2.67. The Balaban J connectivity index is 1.83. The predicted molar refractivity (Wildman–Crippen MR) is 112 cm³/mol. The van der Waals surface area contributed by atoms with Gasteiger partial charge in [-0.3, -0.25) is 4.31 Å². The maximum absolute atomic E-state index is 13.1.